The predicted molar refractivity (Wildman–Crippen MR) is 130 cm³/mol. The van der Waals surface area contributed by atoms with Gasteiger partial charge in [-0.3, -0.25) is 14.5 Å². The lowest BCUT2D eigenvalue weighted by molar-refractivity contribution is -0.123. The number of amides is 2. The zero-order valence-corrected chi connectivity index (χ0v) is 19.9. The Morgan fingerprint density at radius 3 is 2.68 bits per heavy atom. The smallest absolute Gasteiger partial charge is 0.338 e. The molecule has 2 aromatic carbocycles. The van der Waals surface area contributed by atoms with Gasteiger partial charge in [0.2, 0.25) is 5.91 Å². The fourth-order valence-electron chi connectivity index (χ4n) is 5.06. The standard InChI is InChI=1S/C26H26ClN3O4/c1-3-12-34-26(33)16-4-7-18(8-5-16)30-23(31)14-22(25(30)32)29-11-10-19-20-13-17(27)6-9-21(20)28-24(19)15(29)2/h4-9,13,15,22,28H,3,10-12,14H2,1-2H3. The van der Waals surface area contributed by atoms with Gasteiger partial charge in [-0.1, -0.05) is 18.5 Å². The van der Waals surface area contributed by atoms with Crippen molar-refractivity contribution in [3.05, 3.63) is 64.3 Å². The Morgan fingerprint density at radius 1 is 1.18 bits per heavy atom. The van der Waals surface area contributed by atoms with E-state index in [1.54, 1.807) is 24.3 Å². The van der Waals surface area contributed by atoms with Crippen molar-refractivity contribution in [2.45, 2.75) is 45.2 Å². The zero-order chi connectivity index (χ0) is 24.0. The highest BCUT2D eigenvalue weighted by molar-refractivity contribution is 6.31. The molecule has 0 saturated carbocycles. The number of H-pyrrole nitrogens is 1. The lowest BCUT2D eigenvalue weighted by atomic mass is 9.96. The number of fused-ring (bicyclic) bond motifs is 3. The Labute approximate surface area is 202 Å². The quantitative estimate of drug-likeness (QED) is 0.426. The van der Waals surface area contributed by atoms with Gasteiger partial charge in [-0.2, -0.15) is 0 Å². The van der Waals surface area contributed by atoms with Crippen LogP contribution in [0.3, 0.4) is 0 Å². The van der Waals surface area contributed by atoms with Gasteiger partial charge in [-0.15, -0.1) is 0 Å². The second-order valence-electron chi connectivity index (χ2n) is 8.84. The van der Waals surface area contributed by atoms with Crippen molar-refractivity contribution in [1.29, 1.82) is 0 Å². The molecule has 2 aliphatic heterocycles. The number of aromatic amines is 1. The summed E-state index contributed by atoms with van der Waals surface area (Å²) in [4.78, 5) is 45.2. The van der Waals surface area contributed by atoms with Gasteiger partial charge >= 0.3 is 5.97 Å². The summed E-state index contributed by atoms with van der Waals surface area (Å²) in [6.07, 6.45) is 1.64. The number of benzene rings is 2. The molecule has 8 heteroatoms. The number of imide groups is 1. The molecule has 2 aliphatic rings. The van der Waals surface area contributed by atoms with Gasteiger partial charge in [0.25, 0.3) is 5.91 Å². The van der Waals surface area contributed by atoms with Crippen LogP contribution in [-0.2, 0) is 20.7 Å². The molecule has 0 spiro atoms. The Hall–Kier alpha value is -3.16. The van der Waals surface area contributed by atoms with E-state index in [4.69, 9.17) is 16.3 Å². The van der Waals surface area contributed by atoms with Gasteiger partial charge in [0.1, 0.15) is 0 Å². The van der Waals surface area contributed by atoms with E-state index >= 15 is 0 Å². The molecule has 34 heavy (non-hydrogen) atoms. The van der Waals surface area contributed by atoms with E-state index < -0.39 is 12.0 Å². The zero-order valence-electron chi connectivity index (χ0n) is 19.1. The maximum atomic E-state index is 13.4. The summed E-state index contributed by atoms with van der Waals surface area (Å²) >= 11 is 6.21. The molecule has 1 N–H and O–H groups in total. The molecule has 1 aromatic heterocycles. The van der Waals surface area contributed by atoms with E-state index in [1.807, 2.05) is 25.1 Å². The number of hydrogen-bond acceptors (Lipinski definition) is 5. The van der Waals surface area contributed by atoms with Gasteiger partial charge in [0.05, 0.1) is 30.3 Å². The van der Waals surface area contributed by atoms with Crippen LogP contribution in [0.5, 0.6) is 0 Å². The molecule has 2 atom stereocenters. The normalized spacial score (nSPS) is 20.7. The summed E-state index contributed by atoms with van der Waals surface area (Å²) in [5.74, 6) is -0.888. The SMILES string of the molecule is CCCOC(=O)c1ccc(N2C(=O)CC(N3CCc4c([nH]c5ccc(Cl)cc45)C3C)C2=O)cc1. The molecule has 0 aliphatic carbocycles. The number of anilines is 1. The number of carbonyl (C=O) groups excluding carboxylic acids is 3. The Balaban J connectivity index is 1.36. The highest BCUT2D eigenvalue weighted by Gasteiger charge is 2.45. The van der Waals surface area contributed by atoms with Crippen molar-refractivity contribution in [3.8, 4) is 0 Å². The van der Waals surface area contributed by atoms with Crippen molar-refractivity contribution < 1.29 is 19.1 Å². The van der Waals surface area contributed by atoms with E-state index in [0.29, 0.717) is 29.4 Å². The van der Waals surface area contributed by atoms with Crippen molar-refractivity contribution in [2.75, 3.05) is 18.1 Å². The lowest BCUT2D eigenvalue weighted by Crippen LogP contribution is -2.46. The fraction of sp³-hybridized carbons (Fsp3) is 0.346. The number of nitrogens with zero attached hydrogens (tertiary/aromatic N) is 2. The van der Waals surface area contributed by atoms with Crippen LogP contribution in [0, 0.1) is 0 Å². The molecule has 5 rings (SSSR count). The number of nitrogens with one attached hydrogen (secondary N) is 1. The highest BCUT2D eigenvalue weighted by Crippen LogP contribution is 2.38. The third-order valence-electron chi connectivity index (χ3n) is 6.76. The van der Waals surface area contributed by atoms with Crippen LogP contribution in [0.15, 0.2) is 42.5 Å². The van der Waals surface area contributed by atoms with E-state index in [2.05, 4.69) is 16.8 Å². The topological polar surface area (TPSA) is 82.7 Å². The number of carbonyl (C=O) groups is 3. The van der Waals surface area contributed by atoms with Gasteiger partial charge in [0, 0.05) is 34.2 Å². The molecular weight excluding hydrogens is 454 g/mol. The first kappa shape index (κ1) is 22.6. The molecule has 3 aromatic rings. The third-order valence-corrected chi connectivity index (χ3v) is 6.99. The Bertz CT molecular complexity index is 1280. The average Bonchev–Trinajstić information content (AvgIpc) is 3.34. The molecule has 1 saturated heterocycles. The largest absolute Gasteiger partial charge is 0.462 e. The second kappa shape index (κ2) is 8.89. The van der Waals surface area contributed by atoms with Crippen molar-refractivity contribution >= 4 is 46.0 Å². The summed E-state index contributed by atoms with van der Waals surface area (Å²) < 4.78 is 5.15. The molecule has 0 bridgehead atoms. The number of ether oxygens (including phenoxy) is 1. The van der Waals surface area contributed by atoms with Crippen LogP contribution >= 0.6 is 11.6 Å². The molecule has 0 radical (unpaired) electrons. The van der Waals surface area contributed by atoms with Crippen LogP contribution in [0.1, 0.15) is 54.3 Å². The van der Waals surface area contributed by atoms with Gasteiger partial charge in [0.15, 0.2) is 0 Å². The van der Waals surface area contributed by atoms with E-state index in [-0.39, 0.29) is 24.3 Å². The molecule has 3 heterocycles. The van der Waals surface area contributed by atoms with Gasteiger partial charge in [-0.05, 0) is 67.8 Å². The number of aromatic nitrogens is 1. The van der Waals surface area contributed by atoms with Crippen molar-refractivity contribution in [1.82, 2.24) is 9.88 Å². The summed E-state index contributed by atoms with van der Waals surface area (Å²) in [5.41, 5.74) is 4.17. The monoisotopic (exact) mass is 479 g/mol. The maximum Gasteiger partial charge on any atom is 0.338 e. The minimum absolute atomic E-state index is 0.0488. The number of halogens is 1. The minimum atomic E-state index is -0.528. The summed E-state index contributed by atoms with van der Waals surface area (Å²) in [6, 6.07) is 11.7. The highest BCUT2D eigenvalue weighted by atomic mass is 35.5. The number of hydrogen-bond donors (Lipinski definition) is 1. The van der Waals surface area contributed by atoms with E-state index in [0.717, 1.165) is 29.4 Å². The van der Waals surface area contributed by atoms with Crippen LogP contribution in [0.25, 0.3) is 10.9 Å². The molecule has 7 nitrogen and oxygen atoms in total. The van der Waals surface area contributed by atoms with Crippen molar-refractivity contribution in [2.24, 2.45) is 0 Å². The first-order valence-electron chi connectivity index (χ1n) is 11.6. The summed E-state index contributed by atoms with van der Waals surface area (Å²) in [7, 11) is 0. The maximum absolute atomic E-state index is 13.4. The molecule has 2 amide bonds. The lowest BCUT2D eigenvalue weighted by Gasteiger charge is -2.36. The first-order chi connectivity index (χ1) is 16.4. The summed E-state index contributed by atoms with van der Waals surface area (Å²) in [5, 5.41) is 1.81. The van der Waals surface area contributed by atoms with Crippen LogP contribution in [0.2, 0.25) is 5.02 Å². The van der Waals surface area contributed by atoms with Gasteiger partial charge in [-0.25, -0.2) is 9.69 Å². The number of esters is 1. The van der Waals surface area contributed by atoms with Gasteiger partial charge < -0.3 is 9.72 Å². The number of rotatable bonds is 5. The molecular formula is C26H26ClN3O4. The average molecular weight is 480 g/mol. The first-order valence-corrected chi connectivity index (χ1v) is 12.0. The van der Waals surface area contributed by atoms with E-state index in [1.165, 1.54) is 10.5 Å². The fourth-order valence-corrected chi connectivity index (χ4v) is 5.24. The third kappa shape index (κ3) is 3.79. The van der Waals surface area contributed by atoms with Crippen molar-refractivity contribution in [3.63, 3.8) is 0 Å². The predicted octanol–water partition coefficient (Wildman–Crippen LogP) is 4.64. The molecule has 1 fully saturated rings. The van der Waals surface area contributed by atoms with E-state index in [9.17, 15) is 14.4 Å². The Kier molecular flexibility index (Phi) is 5.91. The Morgan fingerprint density at radius 2 is 1.94 bits per heavy atom. The molecule has 176 valence electrons. The molecule has 2 unspecified atom stereocenters. The second-order valence-corrected chi connectivity index (χ2v) is 9.28. The van der Waals surface area contributed by atoms with Crippen LogP contribution in [0.4, 0.5) is 5.69 Å². The summed E-state index contributed by atoms with van der Waals surface area (Å²) in [6.45, 7) is 5.01. The van der Waals surface area contributed by atoms with Crippen LogP contribution < -0.4 is 4.90 Å². The van der Waals surface area contributed by atoms with Crippen LogP contribution in [-0.4, -0.2) is 46.9 Å². The minimum Gasteiger partial charge on any atom is -0.462 e.